The topological polar surface area (TPSA) is 45.2 Å². The van der Waals surface area contributed by atoms with Crippen molar-refractivity contribution in [3.05, 3.63) is 65.1 Å². The molecule has 0 bridgehead atoms. The van der Waals surface area contributed by atoms with Gasteiger partial charge in [0.25, 0.3) is 5.91 Å². The Bertz CT molecular complexity index is 1030. The van der Waals surface area contributed by atoms with Crippen LogP contribution in [0.3, 0.4) is 0 Å². The summed E-state index contributed by atoms with van der Waals surface area (Å²) in [6.45, 7) is 5.69. The minimum atomic E-state index is -0.346. The molecule has 3 aromatic rings. The molecule has 0 aliphatic carbocycles. The van der Waals surface area contributed by atoms with Crippen LogP contribution in [-0.4, -0.2) is 24.0 Å². The molecule has 4 nitrogen and oxygen atoms in total. The fourth-order valence-electron chi connectivity index (χ4n) is 3.66. The highest BCUT2D eigenvalue weighted by Gasteiger charge is 2.16. The molecule has 138 valence electrons. The Hall–Kier alpha value is -2.95. The third kappa shape index (κ3) is 3.63. The molecule has 0 atom stereocenters. The van der Waals surface area contributed by atoms with Crippen LogP contribution in [0.1, 0.15) is 34.5 Å². The van der Waals surface area contributed by atoms with Crippen molar-refractivity contribution < 1.29 is 9.18 Å². The molecule has 0 saturated carbocycles. The lowest BCUT2D eigenvalue weighted by atomic mass is 10.0. The van der Waals surface area contributed by atoms with Crippen molar-refractivity contribution in [1.29, 1.82) is 0 Å². The van der Waals surface area contributed by atoms with Crippen molar-refractivity contribution in [2.45, 2.75) is 26.7 Å². The summed E-state index contributed by atoms with van der Waals surface area (Å²) in [6, 6.07) is 12.4. The Morgan fingerprint density at radius 3 is 2.63 bits per heavy atom. The molecule has 1 saturated heterocycles. The lowest BCUT2D eigenvalue weighted by Crippen LogP contribution is -2.19. The lowest BCUT2D eigenvalue weighted by molar-refractivity contribution is 0.102. The molecule has 1 aliphatic heterocycles. The van der Waals surface area contributed by atoms with E-state index in [1.165, 1.54) is 12.1 Å². The van der Waals surface area contributed by atoms with E-state index in [-0.39, 0.29) is 11.7 Å². The number of rotatable bonds is 3. The summed E-state index contributed by atoms with van der Waals surface area (Å²) in [7, 11) is 0. The summed E-state index contributed by atoms with van der Waals surface area (Å²) >= 11 is 0. The first-order chi connectivity index (χ1) is 13.0. The summed E-state index contributed by atoms with van der Waals surface area (Å²) in [4.78, 5) is 19.6. The van der Waals surface area contributed by atoms with Gasteiger partial charge in [0.05, 0.1) is 11.1 Å². The maximum atomic E-state index is 14.1. The van der Waals surface area contributed by atoms with Crippen molar-refractivity contribution in [3.8, 4) is 0 Å². The number of fused-ring (bicyclic) bond motifs is 1. The minimum Gasteiger partial charge on any atom is -0.371 e. The van der Waals surface area contributed by atoms with Gasteiger partial charge in [0.1, 0.15) is 5.82 Å². The van der Waals surface area contributed by atoms with Gasteiger partial charge in [0.2, 0.25) is 0 Å². The highest BCUT2D eigenvalue weighted by Crippen LogP contribution is 2.26. The van der Waals surface area contributed by atoms with Crippen LogP contribution < -0.4 is 10.2 Å². The van der Waals surface area contributed by atoms with E-state index < -0.39 is 0 Å². The summed E-state index contributed by atoms with van der Waals surface area (Å²) < 4.78 is 14.1. The van der Waals surface area contributed by atoms with Gasteiger partial charge in [-0.25, -0.2) is 4.39 Å². The SMILES string of the molecule is Cc1ccc2nc(C)cc(C(=O)Nc3cc(F)cc(N4CCCC4)c3)c2c1. The van der Waals surface area contributed by atoms with Crippen LogP contribution >= 0.6 is 0 Å². The van der Waals surface area contributed by atoms with Crippen LogP contribution in [0, 0.1) is 19.7 Å². The second-order valence-electron chi connectivity index (χ2n) is 7.18. The largest absolute Gasteiger partial charge is 0.371 e. The second-order valence-corrected chi connectivity index (χ2v) is 7.18. The van der Waals surface area contributed by atoms with Crippen LogP contribution in [0.4, 0.5) is 15.8 Å². The summed E-state index contributed by atoms with van der Waals surface area (Å²) in [6.07, 6.45) is 2.22. The number of anilines is 2. The Morgan fingerprint density at radius 1 is 1.07 bits per heavy atom. The molecule has 1 aromatic heterocycles. The standard InChI is InChI=1S/C22H22FN3O/c1-14-5-6-21-19(9-14)20(10-15(2)24-21)22(27)25-17-11-16(23)12-18(13-17)26-7-3-4-8-26/h5-6,9-13H,3-4,7-8H2,1-2H3,(H,25,27). The van der Waals surface area contributed by atoms with Crippen molar-refractivity contribution in [2.24, 2.45) is 0 Å². The number of nitrogens with one attached hydrogen (secondary N) is 1. The third-order valence-electron chi connectivity index (χ3n) is 4.95. The molecule has 1 N–H and O–H groups in total. The van der Waals surface area contributed by atoms with Gasteiger partial charge in [0.15, 0.2) is 0 Å². The number of hydrogen-bond acceptors (Lipinski definition) is 3. The van der Waals surface area contributed by atoms with E-state index in [9.17, 15) is 9.18 Å². The van der Waals surface area contributed by atoms with Crippen molar-refractivity contribution in [2.75, 3.05) is 23.3 Å². The van der Waals surface area contributed by atoms with Gasteiger partial charge in [-0.3, -0.25) is 9.78 Å². The Balaban J connectivity index is 1.68. The van der Waals surface area contributed by atoms with E-state index in [4.69, 9.17) is 0 Å². The molecular weight excluding hydrogens is 341 g/mol. The zero-order valence-electron chi connectivity index (χ0n) is 15.6. The number of carbonyl (C=O) groups excluding carboxylic acids is 1. The highest BCUT2D eigenvalue weighted by atomic mass is 19.1. The van der Waals surface area contributed by atoms with E-state index in [1.54, 1.807) is 6.07 Å². The molecular formula is C22H22FN3O. The number of carbonyl (C=O) groups is 1. The Labute approximate surface area is 158 Å². The molecule has 2 heterocycles. The number of pyridine rings is 1. The smallest absolute Gasteiger partial charge is 0.256 e. The van der Waals surface area contributed by atoms with Gasteiger partial charge >= 0.3 is 0 Å². The molecule has 0 radical (unpaired) electrons. The first-order valence-corrected chi connectivity index (χ1v) is 9.24. The summed E-state index contributed by atoms with van der Waals surface area (Å²) in [5.74, 6) is -0.601. The number of amides is 1. The first kappa shape index (κ1) is 17.5. The average molecular weight is 363 g/mol. The molecule has 4 rings (SSSR count). The Kier molecular flexibility index (Phi) is 4.52. The van der Waals surface area contributed by atoms with Crippen LogP contribution in [0.15, 0.2) is 42.5 Å². The van der Waals surface area contributed by atoms with E-state index in [2.05, 4.69) is 15.2 Å². The zero-order valence-corrected chi connectivity index (χ0v) is 15.6. The molecule has 0 spiro atoms. The predicted molar refractivity (Wildman–Crippen MR) is 107 cm³/mol. The van der Waals surface area contributed by atoms with E-state index in [0.29, 0.717) is 11.3 Å². The quantitative estimate of drug-likeness (QED) is 0.724. The number of hydrogen-bond donors (Lipinski definition) is 1. The predicted octanol–water partition coefficient (Wildman–Crippen LogP) is 4.84. The fourth-order valence-corrected chi connectivity index (χ4v) is 3.66. The number of aromatic nitrogens is 1. The molecule has 1 fully saturated rings. The van der Waals surface area contributed by atoms with E-state index in [0.717, 1.165) is 53.8 Å². The summed E-state index contributed by atoms with van der Waals surface area (Å²) in [5, 5.41) is 3.67. The van der Waals surface area contributed by atoms with Crippen molar-refractivity contribution in [3.63, 3.8) is 0 Å². The Morgan fingerprint density at radius 2 is 1.85 bits per heavy atom. The number of aryl methyl sites for hydroxylation is 2. The van der Waals surface area contributed by atoms with Crippen molar-refractivity contribution in [1.82, 2.24) is 4.98 Å². The molecule has 27 heavy (non-hydrogen) atoms. The molecule has 0 unspecified atom stereocenters. The van der Waals surface area contributed by atoms with Gasteiger partial charge in [-0.05, 0) is 63.1 Å². The lowest BCUT2D eigenvalue weighted by Gasteiger charge is -2.19. The first-order valence-electron chi connectivity index (χ1n) is 9.24. The van der Waals surface area contributed by atoms with Gasteiger partial charge in [0, 0.05) is 35.5 Å². The molecule has 2 aromatic carbocycles. The molecule has 1 aliphatic rings. The van der Waals surface area contributed by atoms with Crippen LogP contribution in [0.2, 0.25) is 0 Å². The average Bonchev–Trinajstić information content (AvgIpc) is 3.15. The normalized spacial score (nSPS) is 14.0. The van der Waals surface area contributed by atoms with E-state index in [1.807, 2.05) is 38.1 Å². The van der Waals surface area contributed by atoms with Crippen LogP contribution in [0.25, 0.3) is 10.9 Å². The number of halogens is 1. The highest BCUT2D eigenvalue weighted by molar-refractivity contribution is 6.12. The van der Waals surface area contributed by atoms with Gasteiger partial charge in [-0.15, -0.1) is 0 Å². The monoisotopic (exact) mass is 363 g/mol. The number of benzene rings is 2. The number of nitrogens with zero attached hydrogens (tertiary/aromatic N) is 2. The maximum absolute atomic E-state index is 14.1. The van der Waals surface area contributed by atoms with Gasteiger partial charge < -0.3 is 10.2 Å². The van der Waals surface area contributed by atoms with Crippen LogP contribution in [0.5, 0.6) is 0 Å². The minimum absolute atomic E-state index is 0.255. The van der Waals surface area contributed by atoms with Crippen molar-refractivity contribution >= 4 is 28.2 Å². The van der Waals surface area contributed by atoms with Crippen LogP contribution in [-0.2, 0) is 0 Å². The van der Waals surface area contributed by atoms with Gasteiger partial charge in [-0.1, -0.05) is 11.6 Å². The molecule has 5 heteroatoms. The van der Waals surface area contributed by atoms with Gasteiger partial charge in [-0.2, -0.15) is 0 Å². The molecule has 1 amide bonds. The second kappa shape index (κ2) is 6.99. The summed E-state index contributed by atoms with van der Waals surface area (Å²) in [5.41, 5.74) is 4.44. The zero-order chi connectivity index (χ0) is 19.0. The maximum Gasteiger partial charge on any atom is 0.256 e. The third-order valence-corrected chi connectivity index (χ3v) is 4.95. The fraction of sp³-hybridized carbons (Fsp3) is 0.273. The van der Waals surface area contributed by atoms with E-state index >= 15 is 0 Å².